The van der Waals surface area contributed by atoms with Crippen LogP contribution in [0.15, 0.2) is 42.7 Å². The Balaban J connectivity index is 2.41. The highest BCUT2D eigenvalue weighted by molar-refractivity contribution is 5.92. The fourth-order valence-corrected chi connectivity index (χ4v) is 1.47. The van der Waals surface area contributed by atoms with Gasteiger partial charge in [-0.1, -0.05) is 0 Å². The number of esters is 1. The Morgan fingerprint density at radius 2 is 2.00 bits per heavy atom. The zero-order chi connectivity index (χ0) is 11.5. The van der Waals surface area contributed by atoms with Crippen molar-refractivity contribution >= 4 is 5.97 Å². The van der Waals surface area contributed by atoms with Gasteiger partial charge in [0.25, 0.3) is 0 Å². The number of carbonyl (C=O) groups excluding carboxylic acids is 1. The number of benzene rings is 1. The van der Waals surface area contributed by atoms with E-state index >= 15 is 0 Å². The first-order valence-corrected chi connectivity index (χ1v) is 4.77. The lowest BCUT2D eigenvalue weighted by molar-refractivity contribution is 0.0597. The minimum atomic E-state index is -0.545. The van der Waals surface area contributed by atoms with Crippen LogP contribution in [0.3, 0.4) is 0 Å². The van der Waals surface area contributed by atoms with Gasteiger partial charge in [-0.25, -0.2) is 4.79 Å². The number of hydrogen-bond donors (Lipinski definition) is 1. The summed E-state index contributed by atoms with van der Waals surface area (Å²) in [5.74, 6) is -0.630. The van der Waals surface area contributed by atoms with Gasteiger partial charge in [0.05, 0.1) is 7.11 Å². The van der Waals surface area contributed by atoms with Crippen molar-refractivity contribution in [1.82, 2.24) is 4.57 Å². The van der Waals surface area contributed by atoms with Crippen LogP contribution < -0.4 is 0 Å². The molecule has 0 saturated heterocycles. The van der Waals surface area contributed by atoms with E-state index in [2.05, 4.69) is 4.74 Å². The number of phenolic OH excluding ortho intramolecular Hbond substituents is 1. The Bertz CT molecular complexity index is 503. The summed E-state index contributed by atoms with van der Waals surface area (Å²) in [5, 5.41) is 9.68. The van der Waals surface area contributed by atoms with Gasteiger partial charge in [-0.05, 0) is 24.3 Å². The van der Waals surface area contributed by atoms with E-state index in [4.69, 9.17) is 0 Å². The van der Waals surface area contributed by atoms with E-state index in [1.54, 1.807) is 6.07 Å². The normalized spacial score (nSPS) is 10.1. The average Bonchev–Trinajstić information content (AvgIpc) is 2.81. The lowest BCUT2D eigenvalue weighted by Crippen LogP contribution is -2.02. The second kappa shape index (κ2) is 4.10. The first kappa shape index (κ1) is 10.3. The van der Waals surface area contributed by atoms with E-state index in [-0.39, 0.29) is 11.3 Å². The number of phenols is 1. The number of ether oxygens (including phenoxy) is 1. The van der Waals surface area contributed by atoms with Crippen LogP contribution in [0, 0.1) is 0 Å². The zero-order valence-corrected chi connectivity index (χ0v) is 8.75. The quantitative estimate of drug-likeness (QED) is 0.782. The number of rotatable bonds is 2. The van der Waals surface area contributed by atoms with Gasteiger partial charge in [-0.2, -0.15) is 0 Å². The molecule has 2 aromatic rings. The molecule has 0 amide bonds. The average molecular weight is 217 g/mol. The molecule has 0 saturated carbocycles. The molecule has 0 aliphatic heterocycles. The van der Waals surface area contributed by atoms with Crippen LogP contribution in [-0.2, 0) is 4.74 Å². The van der Waals surface area contributed by atoms with Gasteiger partial charge in [-0.3, -0.25) is 0 Å². The molecular weight excluding hydrogens is 206 g/mol. The number of carbonyl (C=O) groups is 1. The fourth-order valence-electron chi connectivity index (χ4n) is 1.47. The highest BCUT2D eigenvalue weighted by Crippen LogP contribution is 2.21. The fraction of sp³-hybridized carbons (Fsp3) is 0.0833. The molecule has 0 bridgehead atoms. The molecule has 0 aliphatic rings. The Labute approximate surface area is 92.7 Å². The summed E-state index contributed by atoms with van der Waals surface area (Å²) in [6.07, 6.45) is 3.71. The van der Waals surface area contributed by atoms with Crippen molar-refractivity contribution in [3.8, 4) is 11.4 Å². The summed E-state index contributed by atoms with van der Waals surface area (Å²) in [6, 6.07) is 8.56. The van der Waals surface area contributed by atoms with Gasteiger partial charge in [0.1, 0.15) is 11.3 Å². The minimum absolute atomic E-state index is 0.0851. The van der Waals surface area contributed by atoms with E-state index in [9.17, 15) is 9.90 Å². The Morgan fingerprint density at radius 3 is 2.56 bits per heavy atom. The predicted molar refractivity (Wildman–Crippen MR) is 58.8 cm³/mol. The summed E-state index contributed by atoms with van der Waals surface area (Å²) in [7, 11) is 1.28. The lowest BCUT2D eigenvalue weighted by atomic mass is 10.2. The Hall–Kier alpha value is -2.23. The van der Waals surface area contributed by atoms with E-state index in [1.807, 2.05) is 29.1 Å². The lowest BCUT2D eigenvalue weighted by Gasteiger charge is -2.06. The van der Waals surface area contributed by atoms with Gasteiger partial charge < -0.3 is 14.4 Å². The topological polar surface area (TPSA) is 51.5 Å². The van der Waals surface area contributed by atoms with Crippen LogP contribution in [0.1, 0.15) is 10.4 Å². The van der Waals surface area contributed by atoms with E-state index in [1.165, 1.54) is 19.2 Å². The molecule has 0 radical (unpaired) electrons. The third kappa shape index (κ3) is 1.77. The van der Waals surface area contributed by atoms with Crippen molar-refractivity contribution in [2.45, 2.75) is 0 Å². The molecule has 0 spiro atoms. The van der Waals surface area contributed by atoms with Gasteiger partial charge in [0, 0.05) is 24.1 Å². The molecule has 0 atom stereocenters. The van der Waals surface area contributed by atoms with Crippen molar-refractivity contribution in [1.29, 1.82) is 0 Å². The van der Waals surface area contributed by atoms with Crippen molar-refractivity contribution in [3.63, 3.8) is 0 Å². The van der Waals surface area contributed by atoms with Crippen LogP contribution in [0.4, 0.5) is 0 Å². The van der Waals surface area contributed by atoms with Crippen LogP contribution >= 0.6 is 0 Å². The molecule has 82 valence electrons. The number of nitrogens with zero attached hydrogens (tertiary/aromatic N) is 1. The molecule has 2 rings (SSSR count). The van der Waals surface area contributed by atoms with E-state index in [0.29, 0.717) is 0 Å². The highest BCUT2D eigenvalue weighted by Gasteiger charge is 2.11. The van der Waals surface area contributed by atoms with Crippen molar-refractivity contribution in [2.75, 3.05) is 7.11 Å². The summed E-state index contributed by atoms with van der Waals surface area (Å²) in [5.41, 5.74) is 0.952. The summed E-state index contributed by atoms with van der Waals surface area (Å²) in [6.45, 7) is 0. The second-order valence-corrected chi connectivity index (χ2v) is 3.28. The Kier molecular flexibility index (Phi) is 2.64. The van der Waals surface area contributed by atoms with Crippen LogP contribution in [-0.4, -0.2) is 22.8 Å². The third-order valence-corrected chi connectivity index (χ3v) is 2.29. The molecule has 1 N–H and O–H groups in total. The monoisotopic (exact) mass is 217 g/mol. The smallest absolute Gasteiger partial charge is 0.341 e. The largest absolute Gasteiger partial charge is 0.507 e. The molecule has 0 aliphatic carbocycles. The third-order valence-electron chi connectivity index (χ3n) is 2.29. The van der Waals surface area contributed by atoms with Crippen molar-refractivity contribution in [2.24, 2.45) is 0 Å². The maximum Gasteiger partial charge on any atom is 0.341 e. The zero-order valence-electron chi connectivity index (χ0n) is 8.75. The van der Waals surface area contributed by atoms with Gasteiger partial charge in [0.2, 0.25) is 0 Å². The molecule has 4 nitrogen and oxygen atoms in total. The first-order chi connectivity index (χ1) is 7.72. The summed E-state index contributed by atoms with van der Waals surface area (Å²) >= 11 is 0. The molecular formula is C12H11NO3. The van der Waals surface area contributed by atoms with Crippen LogP contribution in [0.25, 0.3) is 5.69 Å². The number of methoxy groups -OCH3 is 1. The standard InChI is InChI=1S/C12H11NO3/c1-16-12(15)10-5-4-9(8-11(10)14)13-6-2-3-7-13/h2-8,14H,1H3. The summed E-state index contributed by atoms with van der Waals surface area (Å²) in [4.78, 5) is 11.2. The van der Waals surface area contributed by atoms with Crippen molar-refractivity contribution in [3.05, 3.63) is 48.3 Å². The van der Waals surface area contributed by atoms with Crippen LogP contribution in [0.2, 0.25) is 0 Å². The minimum Gasteiger partial charge on any atom is -0.507 e. The number of aromatic nitrogens is 1. The second-order valence-electron chi connectivity index (χ2n) is 3.28. The molecule has 1 aromatic heterocycles. The maximum atomic E-state index is 11.2. The summed E-state index contributed by atoms with van der Waals surface area (Å²) < 4.78 is 6.38. The number of hydrogen-bond acceptors (Lipinski definition) is 3. The first-order valence-electron chi connectivity index (χ1n) is 4.77. The molecule has 16 heavy (non-hydrogen) atoms. The molecule has 4 heteroatoms. The van der Waals surface area contributed by atoms with Gasteiger partial charge in [0.15, 0.2) is 0 Å². The molecule has 0 unspecified atom stereocenters. The van der Waals surface area contributed by atoms with Gasteiger partial charge in [-0.15, -0.1) is 0 Å². The number of aromatic hydroxyl groups is 1. The highest BCUT2D eigenvalue weighted by atomic mass is 16.5. The molecule has 1 aromatic carbocycles. The predicted octanol–water partition coefficient (Wildman–Crippen LogP) is 1.97. The molecule has 0 fully saturated rings. The maximum absolute atomic E-state index is 11.2. The Morgan fingerprint density at radius 1 is 1.31 bits per heavy atom. The SMILES string of the molecule is COC(=O)c1ccc(-n2cccc2)cc1O. The van der Waals surface area contributed by atoms with E-state index in [0.717, 1.165) is 5.69 Å². The molecule has 1 heterocycles. The van der Waals surface area contributed by atoms with Crippen molar-refractivity contribution < 1.29 is 14.6 Å². The van der Waals surface area contributed by atoms with Crippen LogP contribution in [0.5, 0.6) is 5.75 Å². The van der Waals surface area contributed by atoms with Gasteiger partial charge >= 0.3 is 5.97 Å². The van der Waals surface area contributed by atoms with E-state index < -0.39 is 5.97 Å².